The van der Waals surface area contributed by atoms with E-state index in [1.54, 1.807) is 0 Å². The molecule has 0 saturated carbocycles. The van der Waals surface area contributed by atoms with Crippen LogP contribution in [0.2, 0.25) is 0 Å². The molecule has 0 saturated heterocycles. The molecule has 0 radical (unpaired) electrons. The Balaban J connectivity index is 2.33. The van der Waals surface area contributed by atoms with Gasteiger partial charge in [0, 0.05) is 31.3 Å². The normalized spacial score (nSPS) is 24.4. The Morgan fingerprint density at radius 1 is 1.17 bits per heavy atom. The van der Waals surface area contributed by atoms with Gasteiger partial charge in [-0.1, -0.05) is 0 Å². The van der Waals surface area contributed by atoms with E-state index in [9.17, 15) is 4.79 Å². The lowest BCUT2D eigenvalue weighted by Gasteiger charge is -2.32. The lowest BCUT2D eigenvalue weighted by Crippen LogP contribution is -2.31. The molecule has 0 amide bonds. The summed E-state index contributed by atoms with van der Waals surface area (Å²) in [4.78, 5) is 13.7. The van der Waals surface area contributed by atoms with Crippen molar-refractivity contribution < 1.29 is 4.79 Å². The molecule has 12 heavy (non-hydrogen) atoms. The predicted octanol–water partition coefficient (Wildman–Crippen LogP) is 1.72. The second kappa shape index (κ2) is 2.92. The number of hydrogen-bond donors (Lipinski definition) is 0. The molecular weight excluding hydrogens is 150 g/mol. The lowest BCUT2D eigenvalue weighted by molar-refractivity contribution is -0.116. The van der Waals surface area contributed by atoms with Crippen LogP contribution in [-0.4, -0.2) is 24.3 Å². The Morgan fingerprint density at radius 2 is 1.92 bits per heavy atom. The van der Waals surface area contributed by atoms with Gasteiger partial charge in [-0.15, -0.1) is 0 Å². The highest BCUT2D eigenvalue weighted by Crippen LogP contribution is 2.30. The van der Waals surface area contributed by atoms with Crippen molar-refractivity contribution in [3.05, 3.63) is 11.3 Å². The summed E-state index contributed by atoms with van der Waals surface area (Å²) in [7, 11) is 2.10. The second-order valence-corrected chi connectivity index (χ2v) is 3.73. The van der Waals surface area contributed by atoms with Crippen molar-refractivity contribution in [2.75, 3.05) is 13.6 Å². The third-order valence-electron chi connectivity index (χ3n) is 2.91. The number of allylic oxidation sites excluding steroid dienone is 2. The first-order chi connectivity index (χ1) is 5.79. The monoisotopic (exact) mass is 165 g/mol. The molecule has 0 spiro atoms. The first kappa shape index (κ1) is 7.84. The number of hydrogen-bond acceptors (Lipinski definition) is 2. The SMILES string of the molecule is CN1CCC(=O)C2=C1CCCC2. The number of ketones is 1. The van der Waals surface area contributed by atoms with Crippen LogP contribution < -0.4 is 0 Å². The summed E-state index contributed by atoms with van der Waals surface area (Å²) >= 11 is 0. The van der Waals surface area contributed by atoms with E-state index in [1.165, 1.54) is 18.5 Å². The smallest absolute Gasteiger partial charge is 0.162 e. The molecule has 2 nitrogen and oxygen atoms in total. The molecule has 0 fully saturated rings. The van der Waals surface area contributed by atoms with E-state index in [0.29, 0.717) is 5.78 Å². The molecule has 0 atom stereocenters. The fourth-order valence-electron chi connectivity index (χ4n) is 2.17. The third-order valence-corrected chi connectivity index (χ3v) is 2.91. The van der Waals surface area contributed by atoms with Gasteiger partial charge in [-0.25, -0.2) is 0 Å². The van der Waals surface area contributed by atoms with Crippen LogP contribution in [0.1, 0.15) is 32.1 Å². The quantitative estimate of drug-likeness (QED) is 0.544. The van der Waals surface area contributed by atoms with Crippen molar-refractivity contribution in [1.29, 1.82) is 0 Å². The molecule has 2 aliphatic rings. The van der Waals surface area contributed by atoms with Crippen LogP contribution in [0.25, 0.3) is 0 Å². The van der Waals surface area contributed by atoms with E-state index in [2.05, 4.69) is 11.9 Å². The summed E-state index contributed by atoms with van der Waals surface area (Å²) in [6.07, 6.45) is 5.35. The molecule has 2 rings (SSSR count). The Kier molecular flexibility index (Phi) is 1.91. The molecule has 66 valence electrons. The highest BCUT2D eigenvalue weighted by atomic mass is 16.1. The summed E-state index contributed by atoms with van der Waals surface area (Å²) in [6.45, 7) is 0.928. The van der Waals surface area contributed by atoms with E-state index in [-0.39, 0.29) is 0 Å². The van der Waals surface area contributed by atoms with E-state index in [1.807, 2.05) is 0 Å². The first-order valence-electron chi connectivity index (χ1n) is 4.75. The average molecular weight is 165 g/mol. The van der Waals surface area contributed by atoms with Crippen LogP contribution in [-0.2, 0) is 4.79 Å². The fourth-order valence-corrected chi connectivity index (χ4v) is 2.17. The number of rotatable bonds is 0. The van der Waals surface area contributed by atoms with Crippen molar-refractivity contribution in [3.63, 3.8) is 0 Å². The minimum Gasteiger partial charge on any atom is -0.377 e. The maximum Gasteiger partial charge on any atom is 0.162 e. The van der Waals surface area contributed by atoms with E-state index in [4.69, 9.17) is 0 Å². The fraction of sp³-hybridized carbons (Fsp3) is 0.700. The molecule has 1 heterocycles. The maximum absolute atomic E-state index is 11.5. The van der Waals surface area contributed by atoms with Crippen molar-refractivity contribution in [3.8, 4) is 0 Å². The van der Waals surface area contributed by atoms with Crippen LogP contribution in [0.3, 0.4) is 0 Å². The summed E-state index contributed by atoms with van der Waals surface area (Å²) in [6, 6.07) is 0. The Morgan fingerprint density at radius 3 is 2.67 bits per heavy atom. The zero-order valence-electron chi connectivity index (χ0n) is 7.60. The molecular formula is C10H15NO. The van der Waals surface area contributed by atoms with Crippen molar-refractivity contribution in [2.45, 2.75) is 32.1 Å². The van der Waals surface area contributed by atoms with Crippen molar-refractivity contribution in [2.24, 2.45) is 0 Å². The van der Waals surface area contributed by atoms with Crippen molar-refractivity contribution in [1.82, 2.24) is 4.90 Å². The molecule has 0 N–H and O–H groups in total. The third kappa shape index (κ3) is 1.15. The van der Waals surface area contributed by atoms with E-state index < -0.39 is 0 Å². The van der Waals surface area contributed by atoms with Gasteiger partial charge in [0.05, 0.1) is 0 Å². The second-order valence-electron chi connectivity index (χ2n) is 3.73. The standard InChI is InChI=1S/C10H15NO/c1-11-7-6-10(12)8-4-2-3-5-9(8)11/h2-7H2,1H3. The summed E-state index contributed by atoms with van der Waals surface area (Å²) in [5.74, 6) is 0.405. The highest BCUT2D eigenvalue weighted by molar-refractivity contribution is 5.97. The summed E-state index contributed by atoms with van der Waals surface area (Å²) in [5.41, 5.74) is 2.47. The van der Waals surface area contributed by atoms with Gasteiger partial charge in [0.15, 0.2) is 5.78 Å². The van der Waals surface area contributed by atoms with Gasteiger partial charge in [0.1, 0.15) is 0 Å². The first-order valence-corrected chi connectivity index (χ1v) is 4.75. The summed E-state index contributed by atoms with van der Waals surface area (Å²) < 4.78 is 0. The molecule has 1 aliphatic carbocycles. The lowest BCUT2D eigenvalue weighted by atomic mass is 9.89. The van der Waals surface area contributed by atoms with Gasteiger partial charge in [-0.05, 0) is 25.7 Å². The van der Waals surface area contributed by atoms with Crippen molar-refractivity contribution >= 4 is 5.78 Å². The average Bonchev–Trinajstić information content (AvgIpc) is 2.12. The summed E-state index contributed by atoms with van der Waals surface area (Å²) in [5, 5.41) is 0. The zero-order valence-corrected chi connectivity index (χ0v) is 7.60. The zero-order chi connectivity index (χ0) is 8.55. The highest BCUT2D eigenvalue weighted by Gasteiger charge is 2.25. The Hall–Kier alpha value is -0.790. The van der Waals surface area contributed by atoms with Gasteiger partial charge in [-0.3, -0.25) is 4.79 Å². The molecule has 0 aromatic heterocycles. The van der Waals surface area contributed by atoms with Gasteiger partial charge in [0.25, 0.3) is 0 Å². The molecule has 0 aromatic rings. The minimum atomic E-state index is 0.405. The number of carbonyl (C=O) groups is 1. The van der Waals surface area contributed by atoms with Crippen LogP contribution in [0.4, 0.5) is 0 Å². The number of carbonyl (C=O) groups excluding carboxylic acids is 1. The van der Waals surface area contributed by atoms with Gasteiger partial charge < -0.3 is 4.90 Å². The number of nitrogens with zero attached hydrogens (tertiary/aromatic N) is 1. The van der Waals surface area contributed by atoms with E-state index >= 15 is 0 Å². The Bertz CT molecular complexity index is 242. The van der Waals surface area contributed by atoms with Crippen LogP contribution in [0, 0.1) is 0 Å². The maximum atomic E-state index is 11.5. The minimum absolute atomic E-state index is 0.405. The molecule has 2 heteroatoms. The molecule has 1 aliphatic heterocycles. The topological polar surface area (TPSA) is 20.3 Å². The number of Topliss-reactive ketones (excluding diaryl/α,β-unsaturated/α-hetero) is 1. The molecule has 0 bridgehead atoms. The molecule has 0 aromatic carbocycles. The Labute approximate surface area is 73.2 Å². The van der Waals surface area contributed by atoms with Crippen LogP contribution >= 0.6 is 0 Å². The van der Waals surface area contributed by atoms with Gasteiger partial charge in [0.2, 0.25) is 0 Å². The van der Waals surface area contributed by atoms with Gasteiger partial charge in [-0.2, -0.15) is 0 Å². The van der Waals surface area contributed by atoms with Gasteiger partial charge >= 0.3 is 0 Å². The van der Waals surface area contributed by atoms with Crippen LogP contribution in [0.5, 0.6) is 0 Å². The largest absolute Gasteiger partial charge is 0.377 e. The predicted molar refractivity (Wildman–Crippen MR) is 47.7 cm³/mol. The van der Waals surface area contributed by atoms with E-state index in [0.717, 1.165) is 31.4 Å². The molecule has 0 unspecified atom stereocenters. The van der Waals surface area contributed by atoms with Crippen LogP contribution in [0.15, 0.2) is 11.3 Å².